The van der Waals surface area contributed by atoms with Gasteiger partial charge in [-0.3, -0.25) is 4.90 Å². The molecule has 26 heavy (non-hydrogen) atoms. The molecule has 1 saturated heterocycles. The van der Waals surface area contributed by atoms with Gasteiger partial charge in [0, 0.05) is 26.7 Å². The molecule has 3 rings (SSSR count). The minimum Gasteiger partial charge on any atom is -0.383 e. The smallest absolute Gasteiger partial charge is 0.204 e. The molecule has 0 bridgehead atoms. The molecule has 0 aromatic carbocycles. The fourth-order valence-corrected chi connectivity index (χ4v) is 4.21. The van der Waals surface area contributed by atoms with Gasteiger partial charge in [0.1, 0.15) is 6.10 Å². The van der Waals surface area contributed by atoms with Crippen LogP contribution in [0.15, 0.2) is 11.1 Å². The molecule has 1 aliphatic heterocycles. The molecule has 2 heterocycles. The van der Waals surface area contributed by atoms with E-state index in [0.717, 1.165) is 32.7 Å². The van der Waals surface area contributed by atoms with Crippen LogP contribution in [0.2, 0.25) is 0 Å². The predicted octanol–water partition coefficient (Wildman–Crippen LogP) is 2.61. The molecule has 0 spiro atoms. The van der Waals surface area contributed by atoms with Crippen LogP contribution in [0.1, 0.15) is 58.4 Å². The Balaban J connectivity index is 1.56. The standard InChI is InChI=1S/C19H33N5O2/c1-15-6-5-8-19(2,3)16(15)7-9-23-10-13-26-17(14-23)18-20-22-24(21-18)11-12-25-4/h17H,5-14H2,1-4H3. The van der Waals surface area contributed by atoms with Crippen molar-refractivity contribution in [2.45, 2.75) is 59.1 Å². The zero-order valence-corrected chi connectivity index (χ0v) is 16.7. The molecule has 7 nitrogen and oxygen atoms in total. The van der Waals surface area contributed by atoms with Crippen molar-refractivity contribution in [3.05, 3.63) is 17.0 Å². The first-order valence-corrected chi connectivity index (χ1v) is 9.79. The van der Waals surface area contributed by atoms with Gasteiger partial charge in [-0.25, -0.2) is 0 Å². The third kappa shape index (κ3) is 4.69. The van der Waals surface area contributed by atoms with Gasteiger partial charge in [-0.1, -0.05) is 25.0 Å². The van der Waals surface area contributed by atoms with Crippen LogP contribution in [0.3, 0.4) is 0 Å². The molecule has 7 heteroatoms. The maximum atomic E-state index is 5.90. The number of hydrogen-bond acceptors (Lipinski definition) is 6. The molecule has 1 atom stereocenters. The third-order valence-electron chi connectivity index (χ3n) is 5.77. The van der Waals surface area contributed by atoms with Gasteiger partial charge in [0.2, 0.25) is 5.82 Å². The van der Waals surface area contributed by atoms with E-state index < -0.39 is 0 Å². The molecule has 146 valence electrons. The first kappa shape index (κ1) is 19.5. The molecule has 0 N–H and O–H groups in total. The highest BCUT2D eigenvalue weighted by atomic mass is 16.5. The van der Waals surface area contributed by atoms with Gasteiger partial charge < -0.3 is 9.47 Å². The summed E-state index contributed by atoms with van der Waals surface area (Å²) in [5, 5.41) is 12.7. The van der Waals surface area contributed by atoms with Crippen LogP contribution in [0.25, 0.3) is 0 Å². The largest absolute Gasteiger partial charge is 0.383 e. The Morgan fingerprint density at radius 3 is 2.92 bits per heavy atom. The van der Waals surface area contributed by atoms with E-state index in [1.807, 2.05) is 0 Å². The van der Waals surface area contributed by atoms with Crippen molar-refractivity contribution >= 4 is 0 Å². The van der Waals surface area contributed by atoms with Crippen molar-refractivity contribution in [1.29, 1.82) is 0 Å². The number of morpholine rings is 1. The fraction of sp³-hybridized carbons (Fsp3) is 0.842. The SMILES string of the molecule is COCCn1nnc(C2CN(CCC3=C(C)CCCC3(C)C)CCO2)n1. The summed E-state index contributed by atoms with van der Waals surface area (Å²) in [6.45, 7) is 11.9. The Kier molecular flexibility index (Phi) is 6.42. The Labute approximate surface area is 156 Å². The van der Waals surface area contributed by atoms with Crippen LogP contribution in [-0.4, -0.2) is 65.1 Å². The molecule has 1 fully saturated rings. The van der Waals surface area contributed by atoms with Crippen LogP contribution in [0.4, 0.5) is 0 Å². The van der Waals surface area contributed by atoms with Crippen molar-refractivity contribution in [2.24, 2.45) is 5.41 Å². The summed E-state index contributed by atoms with van der Waals surface area (Å²) >= 11 is 0. The van der Waals surface area contributed by atoms with E-state index in [4.69, 9.17) is 9.47 Å². The summed E-state index contributed by atoms with van der Waals surface area (Å²) < 4.78 is 11.0. The van der Waals surface area contributed by atoms with Crippen molar-refractivity contribution in [3.63, 3.8) is 0 Å². The van der Waals surface area contributed by atoms with E-state index in [2.05, 4.69) is 41.1 Å². The molecule has 1 aromatic heterocycles. The molecule has 1 unspecified atom stereocenters. The fourth-order valence-electron chi connectivity index (χ4n) is 4.21. The number of nitrogens with zero attached hydrogens (tertiary/aromatic N) is 5. The Morgan fingerprint density at radius 2 is 2.15 bits per heavy atom. The molecular weight excluding hydrogens is 330 g/mol. The second kappa shape index (κ2) is 8.59. The van der Waals surface area contributed by atoms with Crippen LogP contribution < -0.4 is 0 Å². The maximum absolute atomic E-state index is 5.90. The zero-order valence-electron chi connectivity index (χ0n) is 16.7. The van der Waals surface area contributed by atoms with Gasteiger partial charge in [0.25, 0.3) is 0 Å². The highest BCUT2D eigenvalue weighted by Crippen LogP contribution is 2.41. The summed E-state index contributed by atoms with van der Waals surface area (Å²) in [6, 6.07) is 0. The van der Waals surface area contributed by atoms with Gasteiger partial charge in [-0.05, 0) is 43.2 Å². The van der Waals surface area contributed by atoms with E-state index in [-0.39, 0.29) is 6.10 Å². The van der Waals surface area contributed by atoms with Gasteiger partial charge in [-0.2, -0.15) is 4.80 Å². The van der Waals surface area contributed by atoms with Crippen molar-refractivity contribution in [1.82, 2.24) is 25.1 Å². The van der Waals surface area contributed by atoms with E-state index in [9.17, 15) is 0 Å². The van der Waals surface area contributed by atoms with Gasteiger partial charge in [0.15, 0.2) is 0 Å². The monoisotopic (exact) mass is 363 g/mol. The number of tetrazole rings is 1. The van der Waals surface area contributed by atoms with E-state index in [1.165, 1.54) is 19.3 Å². The summed E-state index contributed by atoms with van der Waals surface area (Å²) in [4.78, 5) is 4.06. The minimum atomic E-state index is -0.0884. The summed E-state index contributed by atoms with van der Waals surface area (Å²) in [6.07, 6.45) is 4.96. The maximum Gasteiger partial charge on any atom is 0.204 e. The molecule has 2 aliphatic rings. The highest BCUT2D eigenvalue weighted by Gasteiger charge is 2.30. The number of ether oxygens (including phenoxy) is 2. The van der Waals surface area contributed by atoms with Gasteiger partial charge in [-0.15, -0.1) is 10.2 Å². The number of allylic oxidation sites excluding steroid dienone is 1. The van der Waals surface area contributed by atoms with Crippen LogP contribution in [-0.2, 0) is 16.0 Å². The van der Waals surface area contributed by atoms with E-state index in [1.54, 1.807) is 23.1 Å². The Hall–Kier alpha value is -1.31. The highest BCUT2D eigenvalue weighted by molar-refractivity contribution is 5.22. The average molecular weight is 364 g/mol. The van der Waals surface area contributed by atoms with Crippen LogP contribution in [0, 0.1) is 5.41 Å². The summed E-state index contributed by atoms with van der Waals surface area (Å²) in [5.74, 6) is 0.680. The topological polar surface area (TPSA) is 65.3 Å². The lowest BCUT2D eigenvalue weighted by molar-refractivity contribution is -0.0344. The Morgan fingerprint density at radius 1 is 1.31 bits per heavy atom. The van der Waals surface area contributed by atoms with Gasteiger partial charge >= 0.3 is 0 Å². The van der Waals surface area contributed by atoms with Crippen molar-refractivity contribution in [2.75, 3.05) is 40.0 Å². The quantitative estimate of drug-likeness (QED) is 0.694. The third-order valence-corrected chi connectivity index (χ3v) is 5.77. The first-order chi connectivity index (χ1) is 12.5. The normalized spacial score (nSPS) is 24.2. The lowest BCUT2D eigenvalue weighted by Gasteiger charge is -2.37. The molecule has 1 aromatic rings. The number of aromatic nitrogens is 4. The second-order valence-electron chi connectivity index (χ2n) is 8.14. The summed E-state index contributed by atoms with van der Waals surface area (Å²) in [5.41, 5.74) is 3.61. The second-order valence-corrected chi connectivity index (χ2v) is 8.14. The molecular formula is C19H33N5O2. The average Bonchev–Trinajstić information content (AvgIpc) is 3.08. The summed E-state index contributed by atoms with van der Waals surface area (Å²) in [7, 11) is 1.67. The van der Waals surface area contributed by atoms with E-state index in [0.29, 0.717) is 24.4 Å². The number of rotatable bonds is 7. The minimum absolute atomic E-state index is 0.0884. The molecule has 0 radical (unpaired) electrons. The van der Waals surface area contributed by atoms with E-state index >= 15 is 0 Å². The molecule has 0 amide bonds. The molecule has 0 saturated carbocycles. The van der Waals surface area contributed by atoms with Gasteiger partial charge in [0.05, 0.1) is 19.8 Å². The number of methoxy groups -OCH3 is 1. The lowest BCUT2D eigenvalue weighted by Crippen LogP contribution is -2.40. The zero-order chi connectivity index (χ0) is 18.6. The number of hydrogen-bond donors (Lipinski definition) is 0. The lowest BCUT2D eigenvalue weighted by atomic mass is 9.71. The van der Waals surface area contributed by atoms with Crippen molar-refractivity contribution in [3.8, 4) is 0 Å². The van der Waals surface area contributed by atoms with Crippen LogP contribution in [0.5, 0.6) is 0 Å². The molecule has 1 aliphatic carbocycles. The van der Waals surface area contributed by atoms with Crippen molar-refractivity contribution < 1.29 is 9.47 Å². The predicted molar refractivity (Wildman–Crippen MR) is 99.8 cm³/mol. The van der Waals surface area contributed by atoms with Crippen LogP contribution >= 0.6 is 0 Å². The first-order valence-electron chi connectivity index (χ1n) is 9.79. The Bertz CT molecular complexity index is 625.